The van der Waals surface area contributed by atoms with E-state index in [1.54, 1.807) is 10.7 Å². The van der Waals surface area contributed by atoms with Crippen molar-refractivity contribution in [3.8, 4) is 0 Å². The molecule has 0 atom stereocenters. The van der Waals surface area contributed by atoms with Crippen LogP contribution in [0.3, 0.4) is 0 Å². The van der Waals surface area contributed by atoms with Crippen LogP contribution in [0.4, 0.5) is 0 Å². The lowest BCUT2D eigenvalue weighted by molar-refractivity contribution is 0.565. The van der Waals surface area contributed by atoms with Crippen molar-refractivity contribution in [2.24, 2.45) is 5.73 Å². The Morgan fingerprint density at radius 3 is 2.95 bits per heavy atom. The molecule has 2 heterocycles. The third kappa shape index (κ3) is 2.55. The summed E-state index contributed by atoms with van der Waals surface area (Å²) in [7, 11) is 0. The lowest BCUT2D eigenvalue weighted by atomic mass is 10.3. The molecule has 1 saturated carbocycles. The van der Waals surface area contributed by atoms with Gasteiger partial charge in [0.15, 0.2) is 5.16 Å². The topological polar surface area (TPSA) is 119 Å². The number of amidine groups is 1. The number of aryl methyl sites for hydroxylation is 1. The number of nitrogens with zero attached hydrogens (tertiary/aromatic N) is 6. The van der Waals surface area contributed by atoms with Crippen LogP contribution in [0.5, 0.6) is 0 Å². The van der Waals surface area contributed by atoms with Crippen molar-refractivity contribution in [1.29, 1.82) is 5.41 Å². The van der Waals surface area contributed by atoms with Crippen LogP contribution in [0, 0.1) is 12.3 Å². The highest BCUT2D eigenvalue weighted by Crippen LogP contribution is 2.37. The zero-order valence-corrected chi connectivity index (χ0v) is 11.1. The Bertz CT molecular complexity index is 632. The van der Waals surface area contributed by atoms with Crippen LogP contribution in [0.25, 0.3) is 0 Å². The summed E-state index contributed by atoms with van der Waals surface area (Å²) in [6.07, 6.45) is 2.21. The monoisotopic (exact) mass is 276 g/mol. The average Bonchev–Trinajstić information content (AvgIpc) is 3.10. The lowest BCUT2D eigenvalue weighted by Crippen LogP contribution is -2.14. The van der Waals surface area contributed by atoms with Gasteiger partial charge in [-0.05, 0) is 48.0 Å². The molecule has 2 aromatic rings. The van der Waals surface area contributed by atoms with E-state index in [2.05, 4.69) is 25.5 Å². The summed E-state index contributed by atoms with van der Waals surface area (Å²) in [5.41, 5.74) is 6.63. The molecule has 98 valence electrons. The Morgan fingerprint density at radius 2 is 2.26 bits per heavy atom. The van der Waals surface area contributed by atoms with Crippen LogP contribution in [-0.2, 0) is 0 Å². The van der Waals surface area contributed by atoms with Crippen LogP contribution in [-0.4, -0.2) is 36.0 Å². The molecule has 2 aromatic heterocycles. The van der Waals surface area contributed by atoms with E-state index in [1.165, 1.54) is 11.8 Å². The second kappa shape index (κ2) is 4.57. The number of nitrogen functional groups attached to an aromatic ring is 1. The quantitative estimate of drug-likeness (QED) is 0.475. The van der Waals surface area contributed by atoms with E-state index in [4.69, 9.17) is 11.1 Å². The first-order valence-corrected chi connectivity index (χ1v) is 6.61. The molecule has 1 aliphatic carbocycles. The fraction of sp³-hybridized carbons (Fsp3) is 0.400. The molecule has 0 amide bonds. The highest BCUT2D eigenvalue weighted by atomic mass is 32.2. The van der Waals surface area contributed by atoms with Gasteiger partial charge in [0.2, 0.25) is 5.16 Å². The van der Waals surface area contributed by atoms with Gasteiger partial charge in [-0.1, -0.05) is 0 Å². The molecule has 19 heavy (non-hydrogen) atoms. The third-order valence-corrected chi connectivity index (χ3v) is 3.46. The maximum atomic E-state index is 7.43. The van der Waals surface area contributed by atoms with Crippen molar-refractivity contribution in [2.75, 3.05) is 0 Å². The second-order valence-electron chi connectivity index (χ2n) is 4.33. The Hall–Kier alpha value is -2.03. The molecule has 8 nitrogen and oxygen atoms in total. The molecule has 0 saturated heterocycles. The van der Waals surface area contributed by atoms with Crippen LogP contribution in [0.1, 0.15) is 30.3 Å². The van der Waals surface area contributed by atoms with Gasteiger partial charge in [0, 0.05) is 5.69 Å². The molecule has 0 aromatic carbocycles. The normalized spacial score (nSPS) is 14.6. The summed E-state index contributed by atoms with van der Waals surface area (Å²) >= 11 is 1.29. The molecule has 1 fully saturated rings. The average molecular weight is 276 g/mol. The van der Waals surface area contributed by atoms with Gasteiger partial charge in [-0.15, -0.1) is 5.10 Å². The minimum atomic E-state index is -0.0749. The first-order chi connectivity index (χ1) is 9.13. The molecule has 9 heteroatoms. The number of nitrogens with two attached hydrogens (primary N) is 1. The van der Waals surface area contributed by atoms with Crippen LogP contribution in [0.15, 0.2) is 16.4 Å². The van der Waals surface area contributed by atoms with Gasteiger partial charge in [-0.3, -0.25) is 5.41 Å². The van der Waals surface area contributed by atoms with Gasteiger partial charge >= 0.3 is 0 Å². The van der Waals surface area contributed by atoms with Gasteiger partial charge < -0.3 is 5.73 Å². The number of nitrogens with one attached hydrogen (secondary N) is 1. The molecular formula is C10H12N8S. The Kier molecular flexibility index (Phi) is 2.90. The molecule has 0 spiro atoms. The van der Waals surface area contributed by atoms with Crippen molar-refractivity contribution in [1.82, 2.24) is 30.2 Å². The fourth-order valence-electron chi connectivity index (χ4n) is 1.61. The number of rotatable bonds is 4. The molecule has 0 radical (unpaired) electrons. The van der Waals surface area contributed by atoms with Crippen molar-refractivity contribution in [2.45, 2.75) is 36.1 Å². The molecule has 1 aliphatic rings. The first kappa shape index (κ1) is 12.0. The Balaban J connectivity index is 1.90. The van der Waals surface area contributed by atoms with Crippen LogP contribution >= 0.6 is 11.8 Å². The standard InChI is InChI=1S/C10H12N8S/c1-5-4-7(8(11)12)14-9(13-5)19-10-15-16-17-18(10)6-2-3-6/h4,6H,2-3H2,1H3,(H3,11,12). The number of hydrogen-bond donors (Lipinski definition) is 2. The lowest BCUT2D eigenvalue weighted by Gasteiger charge is -2.04. The molecule has 0 aliphatic heterocycles. The van der Waals surface area contributed by atoms with Crippen molar-refractivity contribution < 1.29 is 0 Å². The van der Waals surface area contributed by atoms with Crippen molar-refractivity contribution >= 4 is 17.6 Å². The van der Waals surface area contributed by atoms with E-state index >= 15 is 0 Å². The zero-order chi connectivity index (χ0) is 13.4. The molecule has 0 unspecified atom stereocenters. The third-order valence-electron chi connectivity index (χ3n) is 2.65. The van der Waals surface area contributed by atoms with E-state index in [0.717, 1.165) is 18.5 Å². The summed E-state index contributed by atoms with van der Waals surface area (Å²) in [6.45, 7) is 1.84. The maximum Gasteiger partial charge on any atom is 0.217 e. The number of aromatic nitrogens is 6. The van der Waals surface area contributed by atoms with E-state index in [1.807, 2.05) is 6.92 Å². The predicted octanol–water partition coefficient (Wildman–Crippen LogP) is 0.542. The summed E-state index contributed by atoms with van der Waals surface area (Å²) in [4.78, 5) is 8.52. The van der Waals surface area contributed by atoms with E-state index in [9.17, 15) is 0 Å². The van der Waals surface area contributed by atoms with Gasteiger partial charge in [0.05, 0.1) is 6.04 Å². The smallest absolute Gasteiger partial charge is 0.217 e. The highest BCUT2D eigenvalue weighted by Gasteiger charge is 2.28. The minimum Gasteiger partial charge on any atom is -0.382 e. The SMILES string of the molecule is Cc1cc(C(=N)N)nc(Sc2nnnn2C2CC2)n1. The number of hydrogen-bond acceptors (Lipinski definition) is 7. The van der Waals surface area contributed by atoms with Gasteiger partial charge in [-0.2, -0.15) is 0 Å². The fourth-order valence-corrected chi connectivity index (χ4v) is 2.46. The Morgan fingerprint density at radius 1 is 1.47 bits per heavy atom. The van der Waals surface area contributed by atoms with Crippen molar-refractivity contribution in [3.05, 3.63) is 17.5 Å². The van der Waals surface area contributed by atoms with E-state index in [-0.39, 0.29) is 5.84 Å². The van der Waals surface area contributed by atoms with Crippen molar-refractivity contribution in [3.63, 3.8) is 0 Å². The molecule has 3 rings (SSSR count). The number of tetrazole rings is 1. The Labute approximate surface area is 113 Å². The van der Waals surface area contributed by atoms with Gasteiger partial charge in [0.25, 0.3) is 0 Å². The largest absolute Gasteiger partial charge is 0.382 e. The minimum absolute atomic E-state index is 0.0749. The zero-order valence-electron chi connectivity index (χ0n) is 10.2. The highest BCUT2D eigenvalue weighted by molar-refractivity contribution is 7.99. The predicted molar refractivity (Wildman–Crippen MR) is 68.0 cm³/mol. The maximum absolute atomic E-state index is 7.43. The van der Waals surface area contributed by atoms with E-state index in [0.29, 0.717) is 22.0 Å². The van der Waals surface area contributed by atoms with Crippen LogP contribution < -0.4 is 5.73 Å². The summed E-state index contributed by atoms with van der Waals surface area (Å²) < 4.78 is 1.80. The second-order valence-corrected chi connectivity index (χ2v) is 5.26. The van der Waals surface area contributed by atoms with Gasteiger partial charge in [-0.25, -0.2) is 14.6 Å². The molecule has 3 N–H and O–H groups in total. The van der Waals surface area contributed by atoms with Gasteiger partial charge in [0.1, 0.15) is 11.5 Å². The first-order valence-electron chi connectivity index (χ1n) is 5.79. The summed E-state index contributed by atoms with van der Waals surface area (Å²) in [6, 6.07) is 2.07. The molecular weight excluding hydrogens is 264 g/mol. The van der Waals surface area contributed by atoms with Crippen LogP contribution in [0.2, 0.25) is 0 Å². The van der Waals surface area contributed by atoms with E-state index < -0.39 is 0 Å². The summed E-state index contributed by atoms with van der Waals surface area (Å²) in [5.74, 6) is -0.0749. The summed E-state index contributed by atoms with van der Waals surface area (Å²) in [5, 5.41) is 20.2. The molecule has 0 bridgehead atoms.